The van der Waals surface area contributed by atoms with Gasteiger partial charge in [0.05, 0.1) is 31.0 Å². The molecule has 0 atom stereocenters. The Morgan fingerprint density at radius 1 is 1.23 bits per heavy atom. The molecule has 0 aliphatic heterocycles. The average Bonchev–Trinajstić information content (AvgIpc) is 3.08. The van der Waals surface area contributed by atoms with Gasteiger partial charge in [-0.15, -0.1) is 35.3 Å². The third-order valence-corrected chi connectivity index (χ3v) is 4.41. The number of aromatic nitrogens is 1. The van der Waals surface area contributed by atoms with Crippen LogP contribution in [0.5, 0.6) is 11.5 Å². The molecule has 0 radical (unpaired) electrons. The van der Waals surface area contributed by atoms with Crippen LogP contribution in [0.15, 0.2) is 28.6 Å². The van der Waals surface area contributed by atoms with Crippen molar-refractivity contribution in [3.05, 3.63) is 34.3 Å². The second kappa shape index (κ2) is 11.9. The summed E-state index contributed by atoms with van der Waals surface area (Å²) in [6.07, 6.45) is 0.957. The molecule has 8 heteroatoms. The Morgan fingerprint density at radius 3 is 2.65 bits per heavy atom. The van der Waals surface area contributed by atoms with Crippen LogP contribution in [0.2, 0.25) is 0 Å². The summed E-state index contributed by atoms with van der Waals surface area (Å²) in [6.45, 7) is 7.99. The molecule has 0 aliphatic carbocycles. The van der Waals surface area contributed by atoms with Gasteiger partial charge < -0.3 is 20.1 Å². The molecule has 2 aromatic rings. The predicted octanol–water partition coefficient (Wildman–Crippen LogP) is 4.31. The number of hydrogen-bond acceptors (Lipinski definition) is 5. The van der Waals surface area contributed by atoms with E-state index in [9.17, 15) is 0 Å². The second-order valence-electron chi connectivity index (χ2n) is 5.20. The van der Waals surface area contributed by atoms with Gasteiger partial charge in [0.2, 0.25) is 0 Å². The zero-order valence-corrected chi connectivity index (χ0v) is 18.8. The number of guanidine groups is 1. The van der Waals surface area contributed by atoms with Gasteiger partial charge in [-0.3, -0.25) is 0 Å². The lowest BCUT2D eigenvalue weighted by Gasteiger charge is -2.14. The quantitative estimate of drug-likeness (QED) is 0.328. The Balaban J connectivity index is 0.00000338. The maximum Gasteiger partial charge on any atom is 0.196 e. The van der Waals surface area contributed by atoms with Crippen molar-refractivity contribution in [2.24, 2.45) is 4.99 Å². The van der Waals surface area contributed by atoms with Gasteiger partial charge in [0.1, 0.15) is 0 Å². The molecular weight excluding hydrogens is 463 g/mol. The second-order valence-corrected chi connectivity index (χ2v) is 6.15. The maximum atomic E-state index is 5.62. The van der Waals surface area contributed by atoms with Crippen LogP contribution >= 0.6 is 35.3 Å². The third-order valence-electron chi connectivity index (χ3n) is 3.37. The average molecular weight is 490 g/mol. The van der Waals surface area contributed by atoms with E-state index >= 15 is 0 Å². The van der Waals surface area contributed by atoms with E-state index in [1.165, 1.54) is 0 Å². The summed E-state index contributed by atoms with van der Waals surface area (Å²) in [7, 11) is 1.63. The number of ether oxygens (including phenoxy) is 2. The van der Waals surface area contributed by atoms with E-state index in [0.29, 0.717) is 30.6 Å². The number of nitrogens with one attached hydrogen (secondary N) is 2. The lowest BCUT2D eigenvalue weighted by atomic mass is 10.2. The van der Waals surface area contributed by atoms with Crippen LogP contribution in [0.1, 0.15) is 31.5 Å². The van der Waals surface area contributed by atoms with E-state index in [4.69, 9.17) is 9.47 Å². The summed E-state index contributed by atoms with van der Waals surface area (Å²) in [5, 5.41) is 9.75. The first-order valence-electron chi connectivity index (χ1n) is 8.49. The van der Waals surface area contributed by atoms with Crippen molar-refractivity contribution >= 4 is 47.0 Å². The number of aryl methyl sites for hydroxylation is 1. The fourth-order valence-corrected chi connectivity index (χ4v) is 2.95. The molecule has 0 unspecified atom stereocenters. The fourth-order valence-electron chi connectivity index (χ4n) is 2.21. The minimum atomic E-state index is 0. The molecule has 1 aromatic heterocycles. The minimum Gasteiger partial charge on any atom is -0.493 e. The van der Waals surface area contributed by atoms with E-state index in [-0.39, 0.29) is 24.0 Å². The molecule has 0 fully saturated rings. The van der Waals surface area contributed by atoms with Gasteiger partial charge in [0.25, 0.3) is 0 Å². The molecule has 0 amide bonds. The number of thiazole rings is 1. The Bertz CT molecular complexity index is 706. The lowest BCUT2D eigenvalue weighted by Crippen LogP contribution is -2.30. The van der Waals surface area contributed by atoms with Gasteiger partial charge in [-0.1, -0.05) is 6.92 Å². The number of halogens is 1. The molecule has 2 rings (SSSR count). The van der Waals surface area contributed by atoms with E-state index in [1.807, 2.05) is 32.0 Å². The van der Waals surface area contributed by atoms with Crippen LogP contribution in [-0.2, 0) is 13.0 Å². The Morgan fingerprint density at radius 2 is 2.04 bits per heavy atom. The Kier molecular flexibility index (Phi) is 10.3. The monoisotopic (exact) mass is 490 g/mol. The topological polar surface area (TPSA) is 67.8 Å². The third kappa shape index (κ3) is 6.64. The summed E-state index contributed by atoms with van der Waals surface area (Å²) in [5.74, 6) is 2.13. The summed E-state index contributed by atoms with van der Waals surface area (Å²) in [6, 6.07) is 5.73. The SMILES string of the molecule is CCNC(=NCc1csc(CC)n1)Nc1ccc(OC)c(OCC)c1.I. The highest BCUT2D eigenvalue weighted by molar-refractivity contribution is 14.0. The molecule has 1 aromatic carbocycles. The summed E-state index contributed by atoms with van der Waals surface area (Å²) in [5.41, 5.74) is 1.88. The number of anilines is 1. The number of benzene rings is 1. The van der Waals surface area contributed by atoms with Gasteiger partial charge in [-0.2, -0.15) is 0 Å². The highest BCUT2D eigenvalue weighted by Gasteiger charge is 2.07. The first-order chi connectivity index (χ1) is 12.2. The van der Waals surface area contributed by atoms with Crippen LogP contribution in [-0.4, -0.2) is 31.2 Å². The van der Waals surface area contributed by atoms with Crippen molar-refractivity contribution in [2.45, 2.75) is 33.7 Å². The molecule has 0 bridgehead atoms. The van der Waals surface area contributed by atoms with Crippen LogP contribution < -0.4 is 20.1 Å². The molecule has 2 N–H and O–H groups in total. The van der Waals surface area contributed by atoms with E-state index < -0.39 is 0 Å². The molecular formula is C18H27IN4O2S. The van der Waals surface area contributed by atoms with Crippen LogP contribution in [0.25, 0.3) is 0 Å². The zero-order valence-electron chi connectivity index (χ0n) is 15.7. The minimum absolute atomic E-state index is 0. The Hall–Kier alpha value is -1.55. The van der Waals surface area contributed by atoms with Crippen LogP contribution in [0.4, 0.5) is 5.69 Å². The molecule has 0 saturated heterocycles. The standard InChI is InChI=1S/C18H26N4O2S.HI/c1-5-17-21-14(12-25-17)11-20-18(19-6-2)22-13-8-9-15(23-4)16(10-13)24-7-3;/h8-10,12H,5-7,11H2,1-4H3,(H2,19,20,22);1H. The largest absolute Gasteiger partial charge is 0.493 e. The molecule has 0 spiro atoms. The van der Waals surface area contributed by atoms with E-state index in [0.717, 1.165) is 29.4 Å². The van der Waals surface area contributed by atoms with Crippen molar-refractivity contribution < 1.29 is 9.47 Å². The molecule has 144 valence electrons. The van der Waals surface area contributed by atoms with E-state index in [2.05, 4.69) is 32.9 Å². The first kappa shape index (κ1) is 22.5. The Labute approximate surface area is 176 Å². The van der Waals surface area contributed by atoms with Crippen molar-refractivity contribution in [2.75, 3.05) is 25.6 Å². The number of hydrogen-bond donors (Lipinski definition) is 2. The fraction of sp³-hybridized carbons (Fsp3) is 0.444. The highest BCUT2D eigenvalue weighted by atomic mass is 127. The number of nitrogens with zero attached hydrogens (tertiary/aromatic N) is 2. The van der Waals surface area contributed by atoms with Gasteiger partial charge in [-0.25, -0.2) is 9.98 Å². The van der Waals surface area contributed by atoms with Crippen molar-refractivity contribution in [3.8, 4) is 11.5 Å². The number of methoxy groups -OCH3 is 1. The first-order valence-corrected chi connectivity index (χ1v) is 9.37. The van der Waals surface area contributed by atoms with Gasteiger partial charge >= 0.3 is 0 Å². The zero-order chi connectivity index (χ0) is 18.1. The van der Waals surface area contributed by atoms with Crippen molar-refractivity contribution in [1.29, 1.82) is 0 Å². The maximum absolute atomic E-state index is 5.62. The summed E-state index contributed by atoms with van der Waals surface area (Å²) >= 11 is 1.68. The number of rotatable bonds is 8. The number of aliphatic imine (C=N–C) groups is 1. The lowest BCUT2D eigenvalue weighted by molar-refractivity contribution is 0.311. The summed E-state index contributed by atoms with van der Waals surface area (Å²) in [4.78, 5) is 9.16. The molecule has 0 aliphatic rings. The van der Waals surface area contributed by atoms with Crippen molar-refractivity contribution in [1.82, 2.24) is 10.3 Å². The van der Waals surface area contributed by atoms with Crippen LogP contribution in [0.3, 0.4) is 0 Å². The van der Waals surface area contributed by atoms with Crippen LogP contribution in [0, 0.1) is 0 Å². The predicted molar refractivity (Wildman–Crippen MR) is 120 cm³/mol. The summed E-state index contributed by atoms with van der Waals surface area (Å²) < 4.78 is 10.9. The molecule has 0 saturated carbocycles. The van der Waals surface area contributed by atoms with Crippen molar-refractivity contribution in [3.63, 3.8) is 0 Å². The highest BCUT2D eigenvalue weighted by Crippen LogP contribution is 2.30. The molecule has 6 nitrogen and oxygen atoms in total. The molecule has 1 heterocycles. The smallest absolute Gasteiger partial charge is 0.196 e. The molecule has 26 heavy (non-hydrogen) atoms. The van der Waals surface area contributed by atoms with Gasteiger partial charge in [0, 0.05) is 23.7 Å². The van der Waals surface area contributed by atoms with E-state index in [1.54, 1.807) is 18.4 Å². The van der Waals surface area contributed by atoms with Gasteiger partial charge in [0.15, 0.2) is 17.5 Å². The van der Waals surface area contributed by atoms with Gasteiger partial charge in [-0.05, 0) is 32.4 Å². The normalized spacial score (nSPS) is 10.8.